The molecule has 0 radical (unpaired) electrons. The van der Waals surface area contributed by atoms with Crippen molar-refractivity contribution < 1.29 is 12.9 Å². The van der Waals surface area contributed by atoms with E-state index in [4.69, 9.17) is 4.52 Å². The summed E-state index contributed by atoms with van der Waals surface area (Å²) >= 11 is 0. The van der Waals surface area contributed by atoms with Gasteiger partial charge in [0.25, 0.3) is 0 Å². The zero-order valence-electron chi connectivity index (χ0n) is 8.06. The van der Waals surface area contributed by atoms with Crippen molar-refractivity contribution in [2.45, 2.75) is 13.0 Å². The van der Waals surface area contributed by atoms with Gasteiger partial charge >= 0.3 is 0 Å². The topological polar surface area (TPSA) is 72.2 Å². The maximum atomic E-state index is 10.8. The summed E-state index contributed by atoms with van der Waals surface area (Å²) in [6, 6.07) is 1.77. The predicted molar refractivity (Wildman–Crippen MR) is 52.5 cm³/mol. The van der Waals surface area contributed by atoms with E-state index in [2.05, 4.69) is 10.5 Å². The fraction of sp³-hybridized carbons (Fsp3) is 0.625. The van der Waals surface area contributed by atoms with Gasteiger partial charge in [-0.2, -0.15) is 0 Å². The van der Waals surface area contributed by atoms with Gasteiger partial charge in [0.15, 0.2) is 0 Å². The minimum Gasteiger partial charge on any atom is -0.360 e. The van der Waals surface area contributed by atoms with Crippen molar-refractivity contribution in [1.29, 1.82) is 0 Å². The average molecular weight is 218 g/mol. The van der Waals surface area contributed by atoms with E-state index in [1.165, 1.54) is 6.26 Å². The van der Waals surface area contributed by atoms with Crippen LogP contribution >= 0.6 is 0 Å². The van der Waals surface area contributed by atoms with Crippen LogP contribution in [-0.4, -0.2) is 32.1 Å². The van der Waals surface area contributed by atoms with Crippen LogP contribution in [0.5, 0.6) is 0 Å². The van der Waals surface area contributed by atoms with Crippen molar-refractivity contribution in [2.75, 3.05) is 18.6 Å². The summed E-state index contributed by atoms with van der Waals surface area (Å²) in [4.78, 5) is 0. The molecule has 1 N–H and O–H groups in total. The van der Waals surface area contributed by atoms with Crippen molar-refractivity contribution in [3.63, 3.8) is 0 Å². The second-order valence-corrected chi connectivity index (χ2v) is 5.40. The molecule has 0 saturated carbocycles. The van der Waals surface area contributed by atoms with Crippen molar-refractivity contribution in [2.24, 2.45) is 0 Å². The Morgan fingerprint density at radius 2 is 2.36 bits per heavy atom. The third kappa shape index (κ3) is 4.98. The van der Waals surface area contributed by atoms with E-state index < -0.39 is 9.84 Å². The van der Waals surface area contributed by atoms with Gasteiger partial charge in [0, 0.05) is 12.3 Å². The van der Waals surface area contributed by atoms with Gasteiger partial charge in [0.1, 0.15) is 15.6 Å². The summed E-state index contributed by atoms with van der Waals surface area (Å²) in [5, 5.41) is 6.61. The molecule has 14 heavy (non-hydrogen) atoms. The van der Waals surface area contributed by atoms with Crippen molar-refractivity contribution in [1.82, 2.24) is 10.5 Å². The van der Waals surface area contributed by atoms with Crippen LogP contribution < -0.4 is 5.32 Å². The Balaban J connectivity index is 2.06. The minimum absolute atomic E-state index is 0.219. The molecule has 1 heterocycles. The second-order valence-electron chi connectivity index (χ2n) is 3.14. The van der Waals surface area contributed by atoms with Crippen LogP contribution in [0.15, 0.2) is 16.8 Å². The van der Waals surface area contributed by atoms with Gasteiger partial charge in [0.2, 0.25) is 0 Å². The summed E-state index contributed by atoms with van der Waals surface area (Å²) in [7, 11) is -2.83. The SMILES string of the molecule is CS(=O)(=O)CCCNCc1ccno1. The van der Waals surface area contributed by atoms with Crippen LogP contribution in [0.25, 0.3) is 0 Å². The molecule has 1 aromatic heterocycles. The Morgan fingerprint density at radius 3 is 2.93 bits per heavy atom. The number of rotatable bonds is 6. The maximum absolute atomic E-state index is 10.8. The molecule has 0 aliphatic carbocycles. The van der Waals surface area contributed by atoms with Crippen LogP contribution in [0.3, 0.4) is 0 Å². The molecule has 0 aliphatic rings. The quantitative estimate of drug-likeness (QED) is 0.690. The van der Waals surface area contributed by atoms with E-state index in [9.17, 15) is 8.42 Å². The van der Waals surface area contributed by atoms with Gasteiger partial charge in [-0.1, -0.05) is 5.16 Å². The fourth-order valence-electron chi connectivity index (χ4n) is 1.00. The largest absolute Gasteiger partial charge is 0.360 e. The lowest BCUT2D eigenvalue weighted by atomic mass is 10.4. The third-order valence-electron chi connectivity index (χ3n) is 1.66. The highest BCUT2D eigenvalue weighted by molar-refractivity contribution is 7.90. The molecule has 1 rings (SSSR count). The van der Waals surface area contributed by atoms with E-state index in [0.717, 1.165) is 5.76 Å². The van der Waals surface area contributed by atoms with Gasteiger partial charge in [-0.25, -0.2) is 8.42 Å². The Morgan fingerprint density at radius 1 is 1.57 bits per heavy atom. The fourth-order valence-corrected chi connectivity index (χ4v) is 1.67. The monoisotopic (exact) mass is 218 g/mol. The Labute approximate surface area is 83.4 Å². The lowest BCUT2D eigenvalue weighted by molar-refractivity contribution is 0.373. The van der Waals surface area contributed by atoms with Crippen molar-refractivity contribution in [3.05, 3.63) is 18.0 Å². The van der Waals surface area contributed by atoms with E-state index in [1.807, 2.05) is 0 Å². The van der Waals surface area contributed by atoms with Crippen LogP contribution in [-0.2, 0) is 16.4 Å². The van der Waals surface area contributed by atoms with Crippen molar-refractivity contribution in [3.8, 4) is 0 Å². The smallest absolute Gasteiger partial charge is 0.150 e. The van der Waals surface area contributed by atoms with Crippen molar-refractivity contribution >= 4 is 9.84 Å². The zero-order chi connectivity index (χ0) is 10.4. The molecular formula is C8H14N2O3S. The predicted octanol–water partition coefficient (Wildman–Crippen LogP) is 0.199. The molecule has 80 valence electrons. The molecule has 0 fully saturated rings. The lowest BCUT2D eigenvalue weighted by Gasteiger charge is -2.00. The van der Waals surface area contributed by atoms with Gasteiger partial charge < -0.3 is 9.84 Å². The molecule has 0 unspecified atom stereocenters. The number of nitrogens with zero attached hydrogens (tertiary/aromatic N) is 1. The van der Waals surface area contributed by atoms with Crippen LogP contribution in [0.4, 0.5) is 0 Å². The van der Waals surface area contributed by atoms with E-state index in [0.29, 0.717) is 19.5 Å². The molecule has 0 aliphatic heterocycles. The molecule has 0 spiro atoms. The first kappa shape index (κ1) is 11.2. The third-order valence-corrected chi connectivity index (χ3v) is 2.69. The zero-order valence-corrected chi connectivity index (χ0v) is 8.88. The van der Waals surface area contributed by atoms with E-state index in [1.54, 1.807) is 12.3 Å². The summed E-state index contributed by atoms with van der Waals surface area (Å²) in [6.07, 6.45) is 3.43. The van der Waals surface area contributed by atoms with Gasteiger partial charge in [-0.15, -0.1) is 0 Å². The number of sulfone groups is 1. The van der Waals surface area contributed by atoms with Gasteiger partial charge in [0.05, 0.1) is 18.5 Å². The first-order valence-electron chi connectivity index (χ1n) is 4.36. The first-order valence-corrected chi connectivity index (χ1v) is 6.42. The number of hydrogen-bond acceptors (Lipinski definition) is 5. The molecule has 1 aromatic rings. The first-order chi connectivity index (χ1) is 6.58. The Bertz CT molecular complexity index is 345. The Hall–Kier alpha value is -0.880. The minimum atomic E-state index is -2.83. The van der Waals surface area contributed by atoms with Crippen LogP contribution in [0, 0.1) is 0 Å². The summed E-state index contributed by atoms with van der Waals surface area (Å²) in [5.74, 6) is 0.973. The maximum Gasteiger partial charge on any atom is 0.150 e. The normalized spacial score (nSPS) is 11.8. The van der Waals surface area contributed by atoms with E-state index >= 15 is 0 Å². The molecular weight excluding hydrogens is 204 g/mol. The second kappa shape index (κ2) is 5.11. The van der Waals surface area contributed by atoms with E-state index in [-0.39, 0.29) is 5.75 Å². The molecule has 0 bridgehead atoms. The highest BCUT2D eigenvalue weighted by Gasteiger charge is 2.01. The number of hydrogen-bond donors (Lipinski definition) is 1. The average Bonchev–Trinajstić information content (AvgIpc) is 2.54. The molecule has 0 atom stereocenters. The van der Waals surface area contributed by atoms with Crippen LogP contribution in [0.1, 0.15) is 12.2 Å². The molecule has 0 saturated heterocycles. The van der Waals surface area contributed by atoms with Gasteiger partial charge in [-0.3, -0.25) is 0 Å². The molecule has 0 aromatic carbocycles. The molecule has 6 heteroatoms. The lowest BCUT2D eigenvalue weighted by Crippen LogP contribution is -2.17. The van der Waals surface area contributed by atoms with Gasteiger partial charge in [-0.05, 0) is 13.0 Å². The number of nitrogens with one attached hydrogen (secondary N) is 1. The highest BCUT2D eigenvalue weighted by atomic mass is 32.2. The summed E-state index contributed by atoms with van der Waals surface area (Å²) in [5.41, 5.74) is 0. The summed E-state index contributed by atoms with van der Waals surface area (Å²) < 4.78 is 26.4. The van der Waals surface area contributed by atoms with Crippen LogP contribution in [0.2, 0.25) is 0 Å². The standard InChI is InChI=1S/C8H14N2O3S/c1-14(11,12)6-2-4-9-7-8-3-5-10-13-8/h3,5,9H,2,4,6-7H2,1H3. The Kier molecular flexibility index (Phi) is 4.09. The molecule has 5 nitrogen and oxygen atoms in total. The summed E-state index contributed by atoms with van der Waals surface area (Å²) in [6.45, 7) is 1.25. The highest BCUT2D eigenvalue weighted by Crippen LogP contribution is 1.95. The number of aromatic nitrogens is 1. The molecule has 0 amide bonds.